The van der Waals surface area contributed by atoms with E-state index in [1.54, 1.807) is 0 Å². The maximum absolute atomic E-state index is 5.90. The Bertz CT molecular complexity index is 534. The molecule has 1 atom stereocenters. The average molecular weight is 269 g/mol. The summed E-state index contributed by atoms with van der Waals surface area (Å²) in [6, 6.07) is 16.9. The number of hydrogen-bond donors (Lipinski definition) is 1. The highest BCUT2D eigenvalue weighted by Gasteiger charge is 2.08. The average Bonchev–Trinajstić information content (AvgIpc) is 2.46. The van der Waals surface area contributed by atoms with Crippen molar-refractivity contribution in [2.75, 3.05) is 6.61 Å². The van der Waals surface area contributed by atoms with Gasteiger partial charge in [-0.25, -0.2) is 0 Å². The van der Waals surface area contributed by atoms with Crippen molar-refractivity contribution in [1.29, 1.82) is 0 Å². The first-order valence-electron chi connectivity index (χ1n) is 7.27. The van der Waals surface area contributed by atoms with Crippen LogP contribution in [0, 0.1) is 0 Å². The van der Waals surface area contributed by atoms with E-state index < -0.39 is 0 Å². The largest absolute Gasteiger partial charge is 0.493 e. The molecule has 0 aromatic heterocycles. The summed E-state index contributed by atoms with van der Waals surface area (Å²) in [4.78, 5) is 0. The molecule has 2 aromatic rings. The Morgan fingerprint density at radius 2 is 1.85 bits per heavy atom. The summed E-state index contributed by atoms with van der Waals surface area (Å²) in [5, 5.41) is 0. The molecule has 0 amide bonds. The lowest BCUT2D eigenvalue weighted by atomic mass is 9.99. The predicted octanol–water partition coefficient (Wildman–Crippen LogP) is 4.03. The van der Waals surface area contributed by atoms with E-state index in [1.807, 2.05) is 13.0 Å². The Labute approximate surface area is 121 Å². The van der Waals surface area contributed by atoms with Crippen LogP contribution in [0.2, 0.25) is 0 Å². The third-order valence-electron chi connectivity index (χ3n) is 3.15. The molecule has 0 spiro atoms. The fourth-order valence-corrected chi connectivity index (χ4v) is 2.26. The van der Waals surface area contributed by atoms with Crippen LogP contribution in [0.1, 0.15) is 25.8 Å². The topological polar surface area (TPSA) is 35.2 Å². The highest BCUT2D eigenvalue weighted by molar-refractivity contribution is 5.71. The lowest BCUT2D eigenvalue weighted by molar-refractivity contribution is 0.318. The second kappa shape index (κ2) is 7.11. The van der Waals surface area contributed by atoms with Gasteiger partial charge in [0.2, 0.25) is 0 Å². The molecule has 0 heterocycles. The van der Waals surface area contributed by atoms with Gasteiger partial charge < -0.3 is 10.5 Å². The summed E-state index contributed by atoms with van der Waals surface area (Å²) in [5.41, 5.74) is 9.49. The molecule has 2 nitrogen and oxygen atoms in total. The summed E-state index contributed by atoms with van der Waals surface area (Å²) >= 11 is 0. The van der Waals surface area contributed by atoms with Gasteiger partial charge >= 0.3 is 0 Å². The molecular weight excluding hydrogens is 246 g/mol. The molecule has 2 N–H and O–H groups in total. The number of benzene rings is 2. The molecule has 20 heavy (non-hydrogen) atoms. The zero-order chi connectivity index (χ0) is 14.4. The first-order valence-corrected chi connectivity index (χ1v) is 7.27. The molecule has 0 aliphatic rings. The molecular formula is C18H23NO. The lowest BCUT2D eigenvalue weighted by Gasteiger charge is -2.14. The number of hydrogen-bond acceptors (Lipinski definition) is 2. The molecule has 2 heteroatoms. The molecule has 0 bridgehead atoms. The number of rotatable bonds is 6. The molecule has 0 saturated heterocycles. The van der Waals surface area contributed by atoms with Crippen molar-refractivity contribution >= 4 is 0 Å². The number of nitrogens with two attached hydrogens (primary N) is 1. The monoisotopic (exact) mass is 269 g/mol. The predicted molar refractivity (Wildman–Crippen MR) is 85.0 cm³/mol. The second-order valence-corrected chi connectivity index (χ2v) is 5.23. The van der Waals surface area contributed by atoms with E-state index in [2.05, 4.69) is 49.4 Å². The zero-order valence-electron chi connectivity index (χ0n) is 12.3. The minimum atomic E-state index is 0.168. The van der Waals surface area contributed by atoms with Crippen LogP contribution < -0.4 is 10.5 Å². The second-order valence-electron chi connectivity index (χ2n) is 5.23. The van der Waals surface area contributed by atoms with E-state index in [0.29, 0.717) is 0 Å². The molecule has 0 aliphatic carbocycles. The van der Waals surface area contributed by atoms with E-state index in [-0.39, 0.29) is 6.04 Å². The van der Waals surface area contributed by atoms with E-state index in [4.69, 9.17) is 10.5 Å². The SMILES string of the molecule is CCCOc1ccc(CC(C)N)cc1-c1ccccc1. The standard InChI is InChI=1S/C18H23NO/c1-3-11-20-18-10-9-15(12-14(2)19)13-17(18)16-7-5-4-6-8-16/h4-10,13-14H,3,11-12,19H2,1-2H3. The van der Waals surface area contributed by atoms with E-state index >= 15 is 0 Å². The van der Waals surface area contributed by atoms with E-state index in [1.165, 1.54) is 11.1 Å². The van der Waals surface area contributed by atoms with Gasteiger partial charge in [0.1, 0.15) is 5.75 Å². The quantitative estimate of drug-likeness (QED) is 0.859. The Morgan fingerprint density at radius 1 is 1.10 bits per heavy atom. The minimum absolute atomic E-state index is 0.168. The summed E-state index contributed by atoms with van der Waals surface area (Å²) in [5.74, 6) is 0.950. The van der Waals surface area contributed by atoms with Crippen LogP contribution in [0.15, 0.2) is 48.5 Å². The number of ether oxygens (including phenoxy) is 1. The van der Waals surface area contributed by atoms with Gasteiger partial charge in [0.25, 0.3) is 0 Å². The Morgan fingerprint density at radius 3 is 2.50 bits per heavy atom. The molecule has 0 saturated carbocycles. The Kier molecular flexibility index (Phi) is 5.19. The molecule has 0 aliphatic heterocycles. The third-order valence-corrected chi connectivity index (χ3v) is 3.15. The fraction of sp³-hybridized carbons (Fsp3) is 0.333. The Hall–Kier alpha value is -1.80. The van der Waals surface area contributed by atoms with Crippen LogP contribution >= 0.6 is 0 Å². The lowest BCUT2D eigenvalue weighted by Crippen LogP contribution is -2.17. The van der Waals surface area contributed by atoms with Gasteiger partial charge in [0, 0.05) is 11.6 Å². The molecule has 106 valence electrons. The van der Waals surface area contributed by atoms with Crippen molar-refractivity contribution in [1.82, 2.24) is 0 Å². The molecule has 2 rings (SSSR count). The summed E-state index contributed by atoms with van der Waals surface area (Å²) in [6.07, 6.45) is 1.89. The van der Waals surface area contributed by atoms with Gasteiger partial charge in [0.05, 0.1) is 6.61 Å². The fourth-order valence-electron chi connectivity index (χ4n) is 2.26. The van der Waals surface area contributed by atoms with Crippen molar-refractivity contribution < 1.29 is 4.74 Å². The van der Waals surface area contributed by atoms with E-state index in [0.717, 1.165) is 30.8 Å². The van der Waals surface area contributed by atoms with Gasteiger partial charge in [-0.3, -0.25) is 0 Å². The zero-order valence-corrected chi connectivity index (χ0v) is 12.3. The van der Waals surface area contributed by atoms with Gasteiger partial charge in [0.15, 0.2) is 0 Å². The van der Waals surface area contributed by atoms with Crippen LogP contribution in [-0.2, 0) is 6.42 Å². The molecule has 2 aromatic carbocycles. The van der Waals surface area contributed by atoms with Crippen LogP contribution in [0.4, 0.5) is 0 Å². The summed E-state index contributed by atoms with van der Waals surface area (Å²) in [6.45, 7) is 4.89. The van der Waals surface area contributed by atoms with Crippen molar-refractivity contribution in [2.24, 2.45) is 5.73 Å². The Balaban J connectivity index is 2.37. The third kappa shape index (κ3) is 3.84. The minimum Gasteiger partial charge on any atom is -0.493 e. The smallest absolute Gasteiger partial charge is 0.127 e. The first kappa shape index (κ1) is 14.6. The summed E-state index contributed by atoms with van der Waals surface area (Å²) < 4.78 is 5.87. The van der Waals surface area contributed by atoms with Crippen LogP contribution in [0.3, 0.4) is 0 Å². The van der Waals surface area contributed by atoms with Crippen molar-refractivity contribution in [3.8, 4) is 16.9 Å². The molecule has 0 radical (unpaired) electrons. The van der Waals surface area contributed by atoms with Crippen molar-refractivity contribution in [2.45, 2.75) is 32.7 Å². The maximum Gasteiger partial charge on any atom is 0.127 e. The first-order chi connectivity index (χ1) is 9.70. The van der Waals surface area contributed by atoms with Gasteiger partial charge in [-0.15, -0.1) is 0 Å². The highest BCUT2D eigenvalue weighted by Crippen LogP contribution is 2.31. The molecule has 0 fully saturated rings. The van der Waals surface area contributed by atoms with Gasteiger partial charge in [-0.05, 0) is 43.0 Å². The van der Waals surface area contributed by atoms with Gasteiger partial charge in [-0.2, -0.15) is 0 Å². The van der Waals surface area contributed by atoms with Crippen molar-refractivity contribution in [3.05, 3.63) is 54.1 Å². The van der Waals surface area contributed by atoms with Crippen LogP contribution in [0.25, 0.3) is 11.1 Å². The summed E-state index contributed by atoms with van der Waals surface area (Å²) in [7, 11) is 0. The van der Waals surface area contributed by atoms with E-state index in [9.17, 15) is 0 Å². The van der Waals surface area contributed by atoms with Crippen LogP contribution in [-0.4, -0.2) is 12.6 Å². The molecule has 1 unspecified atom stereocenters. The highest BCUT2D eigenvalue weighted by atomic mass is 16.5. The van der Waals surface area contributed by atoms with Crippen molar-refractivity contribution in [3.63, 3.8) is 0 Å². The maximum atomic E-state index is 5.90. The van der Waals surface area contributed by atoms with Gasteiger partial charge in [-0.1, -0.05) is 43.3 Å². The normalized spacial score (nSPS) is 12.2. The van der Waals surface area contributed by atoms with Crippen LogP contribution in [0.5, 0.6) is 5.75 Å².